The molecule has 0 saturated heterocycles. The summed E-state index contributed by atoms with van der Waals surface area (Å²) in [6.45, 7) is 6.96. The van der Waals surface area contributed by atoms with Crippen LogP contribution < -0.4 is 5.73 Å². The number of aliphatic carboxylic acids is 1. The average molecular weight is 143 g/mol. The lowest BCUT2D eigenvalue weighted by Crippen LogP contribution is -2.42. The van der Waals surface area contributed by atoms with E-state index in [0.717, 1.165) is 0 Å². The van der Waals surface area contributed by atoms with Gasteiger partial charge < -0.3 is 10.8 Å². The standard InChI is InChI=1S/C7H13NO2/c1-4-7(2,3)5(8)6(9)10/h4-5H,1,8H2,2-3H3,(H,9,10)/t5-/m1/s1. The van der Waals surface area contributed by atoms with Crippen LogP contribution in [-0.2, 0) is 4.79 Å². The van der Waals surface area contributed by atoms with Gasteiger partial charge in [0, 0.05) is 5.41 Å². The third-order valence-electron chi connectivity index (χ3n) is 1.59. The first kappa shape index (κ1) is 9.17. The Balaban J connectivity index is 4.31. The van der Waals surface area contributed by atoms with E-state index in [9.17, 15) is 4.79 Å². The van der Waals surface area contributed by atoms with Crippen molar-refractivity contribution in [3.8, 4) is 0 Å². The molecule has 0 fully saturated rings. The van der Waals surface area contributed by atoms with Crippen molar-refractivity contribution >= 4 is 5.97 Å². The fourth-order valence-electron chi connectivity index (χ4n) is 0.445. The van der Waals surface area contributed by atoms with Gasteiger partial charge in [0.2, 0.25) is 0 Å². The number of hydrogen-bond donors (Lipinski definition) is 2. The Morgan fingerprint density at radius 1 is 1.80 bits per heavy atom. The van der Waals surface area contributed by atoms with Gasteiger partial charge in [0.15, 0.2) is 0 Å². The largest absolute Gasteiger partial charge is 0.480 e. The molecule has 0 saturated carbocycles. The van der Waals surface area contributed by atoms with Gasteiger partial charge in [-0.1, -0.05) is 19.9 Å². The summed E-state index contributed by atoms with van der Waals surface area (Å²) in [5.41, 5.74) is 4.80. The quantitative estimate of drug-likeness (QED) is 0.569. The van der Waals surface area contributed by atoms with Gasteiger partial charge in [-0.05, 0) is 0 Å². The van der Waals surface area contributed by atoms with Crippen molar-refractivity contribution in [1.29, 1.82) is 0 Å². The van der Waals surface area contributed by atoms with E-state index in [1.165, 1.54) is 0 Å². The highest BCUT2D eigenvalue weighted by Crippen LogP contribution is 2.19. The van der Waals surface area contributed by atoms with E-state index >= 15 is 0 Å². The monoisotopic (exact) mass is 143 g/mol. The van der Waals surface area contributed by atoms with E-state index < -0.39 is 17.4 Å². The molecule has 0 amide bonds. The third kappa shape index (κ3) is 1.84. The predicted molar refractivity (Wildman–Crippen MR) is 39.6 cm³/mol. The molecule has 0 aromatic carbocycles. The number of carbonyl (C=O) groups is 1. The lowest BCUT2D eigenvalue weighted by molar-refractivity contribution is -0.140. The van der Waals surface area contributed by atoms with Gasteiger partial charge in [0.25, 0.3) is 0 Å². The van der Waals surface area contributed by atoms with Crippen molar-refractivity contribution in [3.05, 3.63) is 12.7 Å². The molecule has 0 aliphatic carbocycles. The van der Waals surface area contributed by atoms with Crippen LogP contribution in [0, 0.1) is 5.41 Å². The third-order valence-corrected chi connectivity index (χ3v) is 1.59. The van der Waals surface area contributed by atoms with Gasteiger partial charge in [-0.2, -0.15) is 0 Å². The summed E-state index contributed by atoms with van der Waals surface area (Å²) in [6, 6.07) is -0.870. The molecule has 0 aliphatic heterocycles. The Bertz CT molecular complexity index is 152. The average Bonchev–Trinajstić information content (AvgIpc) is 1.86. The highest BCUT2D eigenvalue weighted by molar-refractivity contribution is 5.74. The topological polar surface area (TPSA) is 63.3 Å². The van der Waals surface area contributed by atoms with Crippen molar-refractivity contribution in [2.75, 3.05) is 0 Å². The van der Waals surface area contributed by atoms with Crippen LogP contribution in [0.3, 0.4) is 0 Å². The minimum atomic E-state index is -0.995. The molecule has 0 radical (unpaired) electrons. The summed E-state index contributed by atoms with van der Waals surface area (Å²) in [5.74, 6) is -0.995. The van der Waals surface area contributed by atoms with Crippen LogP contribution in [0.4, 0.5) is 0 Å². The van der Waals surface area contributed by atoms with Crippen LogP contribution in [0.25, 0.3) is 0 Å². The Morgan fingerprint density at radius 3 is 2.30 bits per heavy atom. The first-order valence-corrected chi connectivity index (χ1v) is 3.04. The van der Waals surface area contributed by atoms with Crippen LogP contribution in [0.5, 0.6) is 0 Å². The van der Waals surface area contributed by atoms with Crippen molar-refractivity contribution in [2.24, 2.45) is 11.1 Å². The van der Waals surface area contributed by atoms with Gasteiger partial charge in [-0.3, -0.25) is 4.79 Å². The van der Waals surface area contributed by atoms with Crippen LogP contribution in [0.15, 0.2) is 12.7 Å². The molecule has 0 heterocycles. The Morgan fingerprint density at radius 2 is 2.20 bits per heavy atom. The molecule has 0 aromatic rings. The second-order valence-corrected chi connectivity index (χ2v) is 2.84. The zero-order valence-electron chi connectivity index (χ0n) is 6.29. The molecule has 58 valence electrons. The maximum atomic E-state index is 10.3. The lowest BCUT2D eigenvalue weighted by atomic mass is 9.85. The Kier molecular flexibility index (Phi) is 2.60. The minimum absolute atomic E-state index is 0.536. The number of carboxylic acid groups (broad SMARTS) is 1. The summed E-state index contributed by atoms with van der Waals surface area (Å²) in [4.78, 5) is 10.3. The summed E-state index contributed by atoms with van der Waals surface area (Å²) in [6.07, 6.45) is 1.55. The summed E-state index contributed by atoms with van der Waals surface area (Å²) in [7, 11) is 0. The van der Waals surface area contributed by atoms with E-state index in [0.29, 0.717) is 0 Å². The van der Waals surface area contributed by atoms with Gasteiger partial charge >= 0.3 is 5.97 Å². The maximum Gasteiger partial charge on any atom is 0.321 e. The molecule has 0 aromatic heterocycles. The molecule has 0 spiro atoms. The number of nitrogens with two attached hydrogens (primary N) is 1. The molecule has 0 unspecified atom stereocenters. The Labute approximate surface area is 60.5 Å². The van der Waals surface area contributed by atoms with Crippen molar-refractivity contribution in [2.45, 2.75) is 19.9 Å². The highest BCUT2D eigenvalue weighted by Gasteiger charge is 2.28. The zero-order valence-corrected chi connectivity index (χ0v) is 6.29. The molecule has 3 nitrogen and oxygen atoms in total. The zero-order chi connectivity index (χ0) is 8.36. The van der Waals surface area contributed by atoms with Crippen molar-refractivity contribution in [1.82, 2.24) is 0 Å². The molecule has 3 heteroatoms. The van der Waals surface area contributed by atoms with Crippen LogP contribution >= 0.6 is 0 Å². The molecule has 0 aliphatic rings. The predicted octanol–water partition coefficient (Wildman–Crippen LogP) is 0.611. The summed E-state index contributed by atoms with van der Waals surface area (Å²) < 4.78 is 0. The van der Waals surface area contributed by atoms with E-state index in [4.69, 9.17) is 10.8 Å². The molecule has 1 atom stereocenters. The number of hydrogen-bond acceptors (Lipinski definition) is 2. The highest BCUT2D eigenvalue weighted by atomic mass is 16.4. The number of rotatable bonds is 3. The van der Waals surface area contributed by atoms with E-state index in [-0.39, 0.29) is 0 Å². The van der Waals surface area contributed by atoms with Crippen LogP contribution in [0.2, 0.25) is 0 Å². The SMILES string of the molecule is C=CC(C)(C)[C@H](N)C(=O)O. The van der Waals surface area contributed by atoms with Gasteiger partial charge in [0.05, 0.1) is 0 Å². The first-order valence-electron chi connectivity index (χ1n) is 3.04. The molecular formula is C7H13NO2. The molecule has 3 N–H and O–H groups in total. The second-order valence-electron chi connectivity index (χ2n) is 2.84. The fourth-order valence-corrected chi connectivity index (χ4v) is 0.445. The minimum Gasteiger partial charge on any atom is -0.480 e. The van der Waals surface area contributed by atoms with Gasteiger partial charge in [-0.25, -0.2) is 0 Å². The maximum absolute atomic E-state index is 10.3. The molecular weight excluding hydrogens is 130 g/mol. The van der Waals surface area contributed by atoms with Crippen molar-refractivity contribution < 1.29 is 9.90 Å². The fraction of sp³-hybridized carbons (Fsp3) is 0.571. The molecule has 0 rings (SSSR count). The van der Waals surface area contributed by atoms with Crippen molar-refractivity contribution in [3.63, 3.8) is 0 Å². The van der Waals surface area contributed by atoms with Gasteiger partial charge in [-0.15, -0.1) is 6.58 Å². The lowest BCUT2D eigenvalue weighted by Gasteiger charge is -2.23. The first-order chi connectivity index (χ1) is 4.41. The number of carboxylic acids is 1. The van der Waals surface area contributed by atoms with Crippen LogP contribution in [0.1, 0.15) is 13.8 Å². The van der Waals surface area contributed by atoms with E-state index in [2.05, 4.69) is 6.58 Å². The van der Waals surface area contributed by atoms with Crippen LogP contribution in [-0.4, -0.2) is 17.1 Å². The second kappa shape index (κ2) is 2.84. The normalized spacial score (nSPS) is 14.3. The molecule has 0 bridgehead atoms. The van der Waals surface area contributed by atoms with E-state index in [1.807, 2.05) is 0 Å². The molecule has 10 heavy (non-hydrogen) atoms. The van der Waals surface area contributed by atoms with E-state index in [1.54, 1.807) is 19.9 Å². The Hall–Kier alpha value is -0.830. The van der Waals surface area contributed by atoms with Gasteiger partial charge in [0.1, 0.15) is 6.04 Å². The summed E-state index contributed by atoms with van der Waals surface area (Å²) >= 11 is 0. The summed E-state index contributed by atoms with van der Waals surface area (Å²) in [5, 5.41) is 8.48. The smallest absolute Gasteiger partial charge is 0.321 e.